The zero-order valence-electron chi connectivity index (χ0n) is 14.7. The summed E-state index contributed by atoms with van der Waals surface area (Å²) in [5.74, 6) is 1.23. The second kappa shape index (κ2) is 6.49. The molecule has 0 N–H and O–H groups in total. The van der Waals surface area contributed by atoms with E-state index in [0.717, 1.165) is 22.1 Å². The van der Waals surface area contributed by atoms with Crippen LogP contribution in [0.4, 0.5) is 0 Å². The maximum Gasteiger partial charge on any atom is 0.267 e. The van der Waals surface area contributed by atoms with Crippen molar-refractivity contribution in [3.8, 4) is 11.4 Å². The summed E-state index contributed by atoms with van der Waals surface area (Å²) in [4.78, 5) is 13.2. The lowest BCUT2D eigenvalue weighted by Crippen LogP contribution is -2.21. The Balaban J connectivity index is 2.09. The van der Waals surface area contributed by atoms with Gasteiger partial charge < -0.3 is 4.74 Å². The fourth-order valence-corrected chi connectivity index (χ4v) is 3.72. The van der Waals surface area contributed by atoms with Crippen LogP contribution < -0.4 is 10.3 Å². The quantitative estimate of drug-likeness (QED) is 0.517. The van der Waals surface area contributed by atoms with Gasteiger partial charge in [-0.1, -0.05) is 37.7 Å². The van der Waals surface area contributed by atoms with E-state index in [4.69, 9.17) is 4.74 Å². The van der Waals surface area contributed by atoms with Crippen molar-refractivity contribution in [2.75, 3.05) is 7.11 Å². The van der Waals surface area contributed by atoms with Crippen LogP contribution in [-0.4, -0.2) is 31.5 Å². The Kier molecular flexibility index (Phi) is 4.16. The lowest BCUT2D eigenvalue weighted by molar-refractivity contribution is 0.414. The van der Waals surface area contributed by atoms with Crippen molar-refractivity contribution in [2.24, 2.45) is 0 Å². The molecular weight excluding hydrogens is 348 g/mol. The van der Waals surface area contributed by atoms with E-state index < -0.39 is 0 Å². The zero-order valence-corrected chi connectivity index (χ0v) is 15.5. The molecule has 132 valence electrons. The molecule has 6 nitrogen and oxygen atoms in total. The molecule has 2 aromatic carbocycles. The Bertz CT molecular complexity index is 1150. The molecule has 7 heteroatoms. The molecule has 4 aromatic rings. The second-order valence-electron chi connectivity index (χ2n) is 6.14. The number of hydrogen-bond acceptors (Lipinski definition) is 5. The van der Waals surface area contributed by atoms with Gasteiger partial charge in [-0.2, -0.15) is 0 Å². The highest BCUT2D eigenvalue weighted by Crippen LogP contribution is 2.26. The van der Waals surface area contributed by atoms with Gasteiger partial charge in [-0.05, 0) is 36.4 Å². The van der Waals surface area contributed by atoms with Crippen LogP contribution in [0.15, 0.2) is 58.5 Å². The van der Waals surface area contributed by atoms with Crippen molar-refractivity contribution < 1.29 is 4.74 Å². The number of para-hydroxylation sites is 1. The minimum atomic E-state index is -0.119. The molecule has 0 spiro atoms. The molecule has 0 unspecified atom stereocenters. The number of hydrogen-bond donors (Lipinski definition) is 0. The lowest BCUT2D eigenvalue weighted by Gasteiger charge is -2.12. The second-order valence-corrected chi connectivity index (χ2v) is 7.68. The van der Waals surface area contributed by atoms with Crippen molar-refractivity contribution in [1.82, 2.24) is 19.2 Å². The van der Waals surface area contributed by atoms with Crippen LogP contribution in [0.1, 0.15) is 13.8 Å². The van der Waals surface area contributed by atoms with E-state index in [0.29, 0.717) is 16.4 Å². The summed E-state index contributed by atoms with van der Waals surface area (Å²) in [6.07, 6.45) is 0. The van der Waals surface area contributed by atoms with Crippen molar-refractivity contribution in [2.45, 2.75) is 24.3 Å². The summed E-state index contributed by atoms with van der Waals surface area (Å²) >= 11 is 1.62. The molecule has 0 amide bonds. The maximum absolute atomic E-state index is 13.2. The van der Waals surface area contributed by atoms with Gasteiger partial charge in [0.2, 0.25) is 5.78 Å². The molecule has 4 rings (SSSR count). The van der Waals surface area contributed by atoms with Crippen molar-refractivity contribution in [3.05, 3.63) is 58.9 Å². The molecular formula is C19H18N4O2S. The van der Waals surface area contributed by atoms with Crippen LogP contribution in [0.3, 0.4) is 0 Å². The molecule has 2 heterocycles. The Labute approximate surface area is 154 Å². The van der Waals surface area contributed by atoms with E-state index in [-0.39, 0.29) is 5.56 Å². The summed E-state index contributed by atoms with van der Waals surface area (Å²) < 4.78 is 8.76. The highest BCUT2D eigenvalue weighted by Gasteiger charge is 2.18. The number of thioether (sulfide) groups is 1. The van der Waals surface area contributed by atoms with Gasteiger partial charge in [-0.3, -0.25) is 9.20 Å². The highest BCUT2D eigenvalue weighted by molar-refractivity contribution is 7.99. The average Bonchev–Trinajstić information content (AvgIpc) is 3.05. The number of aromatic nitrogens is 4. The van der Waals surface area contributed by atoms with Crippen molar-refractivity contribution in [3.63, 3.8) is 0 Å². The predicted molar refractivity (Wildman–Crippen MR) is 104 cm³/mol. The number of ether oxygens (including phenoxy) is 1. The number of fused-ring (bicyclic) bond motifs is 3. The van der Waals surface area contributed by atoms with Gasteiger partial charge in [0.1, 0.15) is 5.75 Å². The zero-order chi connectivity index (χ0) is 18.3. The SMILES string of the molecule is COc1ccc(-n2c(=O)c3ccccc3n3c(SC(C)C)nnc23)cc1. The van der Waals surface area contributed by atoms with Gasteiger partial charge in [0.25, 0.3) is 5.56 Å². The van der Waals surface area contributed by atoms with Crippen LogP contribution in [0.2, 0.25) is 0 Å². The highest BCUT2D eigenvalue weighted by atomic mass is 32.2. The number of rotatable bonds is 4. The molecule has 2 aromatic heterocycles. The third kappa shape index (κ3) is 2.64. The maximum atomic E-state index is 13.2. The first-order valence-electron chi connectivity index (χ1n) is 8.30. The van der Waals surface area contributed by atoms with Gasteiger partial charge in [0.15, 0.2) is 5.16 Å². The van der Waals surface area contributed by atoms with Crippen LogP contribution in [0.25, 0.3) is 22.4 Å². The molecule has 0 saturated carbocycles. The minimum absolute atomic E-state index is 0.119. The number of methoxy groups -OCH3 is 1. The Morgan fingerprint density at radius 1 is 1.04 bits per heavy atom. The van der Waals surface area contributed by atoms with E-state index >= 15 is 0 Å². The molecule has 0 radical (unpaired) electrons. The predicted octanol–water partition coefficient (Wildman–Crippen LogP) is 3.54. The Hall–Kier alpha value is -2.80. The van der Waals surface area contributed by atoms with E-state index in [9.17, 15) is 4.79 Å². The molecule has 0 atom stereocenters. The monoisotopic (exact) mass is 366 g/mol. The fraction of sp³-hybridized carbons (Fsp3) is 0.211. The van der Waals surface area contributed by atoms with Crippen LogP contribution >= 0.6 is 11.8 Å². The summed E-state index contributed by atoms with van der Waals surface area (Å²) in [7, 11) is 1.61. The summed E-state index contributed by atoms with van der Waals surface area (Å²) in [6, 6.07) is 14.9. The summed E-state index contributed by atoms with van der Waals surface area (Å²) in [5.41, 5.74) is 1.41. The largest absolute Gasteiger partial charge is 0.497 e. The minimum Gasteiger partial charge on any atom is -0.497 e. The molecule has 0 fully saturated rings. The van der Waals surface area contributed by atoms with Gasteiger partial charge in [-0.15, -0.1) is 10.2 Å². The first-order valence-corrected chi connectivity index (χ1v) is 9.18. The topological polar surface area (TPSA) is 61.4 Å². The molecule has 0 aliphatic heterocycles. The molecule has 26 heavy (non-hydrogen) atoms. The van der Waals surface area contributed by atoms with Gasteiger partial charge in [-0.25, -0.2) is 4.57 Å². The van der Waals surface area contributed by atoms with E-state index in [1.54, 1.807) is 23.4 Å². The standard InChI is InChI=1S/C19H18N4O2S/c1-12(2)26-19-21-20-18-22(13-8-10-14(25-3)11-9-13)17(24)15-6-4-5-7-16(15)23(18)19/h4-12H,1-3H3. The number of nitrogens with zero attached hydrogens (tertiary/aromatic N) is 4. The first-order chi connectivity index (χ1) is 12.6. The van der Waals surface area contributed by atoms with E-state index in [2.05, 4.69) is 24.0 Å². The third-order valence-electron chi connectivity index (χ3n) is 4.07. The molecule has 0 aliphatic rings. The van der Waals surface area contributed by atoms with E-state index in [1.807, 2.05) is 52.9 Å². The van der Waals surface area contributed by atoms with Gasteiger partial charge >= 0.3 is 0 Å². The van der Waals surface area contributed by atoms with Crippen molar-refractivity contribution in [1.29, 1.82) is 0 Å². The van der Waals surface area contributed by atoms with E-state index in [1.165, 1.54) is 0 Å². The summed E-state index contributed by atoms with van der Waals surface area (Å²) in [6.45, 7) is 4.21. The average molecular weight is 366 g/mol. The van der Waals surface area contributed by atoms with Crippen LogP contribution in [0, 0.1) is 0 Å². The third-order valence-corrected chi connectivity index (χ3v) is 5.01. The van der Waals surface area contributed by atoms with Gasteiger partial charge in [0, 0.05) is 5.25 Å². The smallest absolute Gasteiger partial charge is 0.267 e. The number of benzene rings is 2. The molecule has 0 bridgehead atoms. The van der Waals surface area contributed by atoms with Crippen molar-refractivity contribution >= 4 is 28.4 Å². The Morgan fingerprint density at radius 3 is 2.46 bits per heavy atom. The fourth-order valence-electron chi connectivity index (χ4n) is 2.93. The van der Waals surface area contributed by atoms with Crippen LogP contribution in [-0.2, 0) is 0 Å². The van der Waals surface area contributed by atoms with Gasteiger partial charge in [0.05, 0.1) is 23.7 Å². The van der Waals surface area contributed by atoms with Crippen LogP contribution in [0.5, 0.6) is 5.75 Å². The molecule has 0 aliphatic carbocycles. The lowest BCUT2D eigenvalue weighted by atomic mass is 10.2. The summed E-state index contributed by atoms with van der Waals surface area (Å²) in [5, 5.41) is 10.4. The first kappa shape index (κ1) is 16.7. The Morgan fingerprint density at radius 2 is 1.77 bits per heavy atom. The normalized spacial score (nSPS) is 11.5. The molecule has 0 saturated heterocycles.